The third-order valence-corrected chi connectivity index (χ3v) is 3.68. The van der Waals surface area contributed by atoms with Crippen LogP contribution in [0.1, 0.15) is 15.9 Å². The van der Waals surface area contributed by atoms with E-state index in [2.05, 4.69) is 5.32 Å². The number of amides is 2. The zero-order valence-corrected chi connectivity index (χ0v) is 13.1. The average Bonchev–Trinajstić information content (AvgIpc) is 2.48. The molecular weight excluding hydrogens is 341 g/mol. The molecule has 0 aliphatic carbocycles. The first-order valence-electron chi connectivity index (χ1n) is 6.77. The number of thioether (sulfide) groups is 1. The van der Waals surface area contributed by atoms with Gasteiger partial charge in [-0.1, -0.05) is 12.1 Å². The van der Waals surface area contributed by atoms with E-state index >= 15 is 0 Å². The van der Waals surface area contributed by atoms with Crippen LogP contribution in [0.4, 0.5) is 18.9 Å². The summed E-state index contributed by atoms with van der Waals surface area (Å²) in [5.74, 6) is -0.898. The topological polar surface area (TPSA) is 72.2 Å². The highest BCUT2D eigenvalue weighted by Crippen LogP contribution is 2.36. The fourth-order valence-electron chi connectivity index (χ4n) is 1.92. The quantitative estimate of drug-likeness (QED) is 0.806. The maximum absolute atomic E-state index is 12.3. The van der Waals surface area contributed by atoms with Gasteiger partial charge in [0.15, 0.2) is 0 Å². The molecule has 0 heterocycles. The van der Waals surface area contributed by atoms with E-state index in [1.807, 2.05) is 0 Å². The fourth-order valence-corrected chi connectivity index (χ4v) is 2.46. The second-order valence-corrected chi connectivity index (χ2v) is 6.00. The van der Waals surface area contributed by atoms with E-state index in [9.17, 15) is 22.8 Å². The third kappa shape index (κ3) is 5.62. The molecule has 2 rings (SSSR count). The van der Waals surface area contributed by atoms with Gasteiger partial charge in [0.2, 0.25) is 5.91 Å². The molecule has 4 nitrogen and oxygen atoms in total. The molecule has 2 aromatic carbocycles. The minimum atomic E-state index is -4.36. The third-order valence-electron chi connectivity index (χ3n) is 2.94. The molecule has 2 aromatic rings. The van der Waals surface area contributed by atoms with Gasteiger partial charge in [0.25, 0.3) is 5.91 Å². The van der Waals surface area contributed by atoms with Crippen LogP contribution in [0.2, 0.25) is 0 Å². The fraction of sp³-hybridized carbons (Fsp3) is 0.125. The second kappa shape index (κ2) is 7.39. The Bertz CT molecular complexity index is 728. The zero-order valence-electron chi connectivity index (χ0n) is 12.3. The standard InChI is InChI=1S/C16H13F3N2O2S/c17-16(18,19)24-13-7-3-11(4-8-13)15(23)21-12-5-1-10(2-6-12)9-14(20)22/h1-8H,9H2,(H2,20,22)(H,21,23). The van der Waals surface area contributed by atoms with Crippen LogP contribution in [0.15, 0.2) is 53.4 Å². The van der Waals surface area contributed by atoms with Gasteiger partial charge in [-0.25, -0.2) is 0 Å². The molecule has 0 atom stereocenters. The van der Waals surface area contributed by atoms with E-state index < -0.39 is 17.3 Å². The highest BCUT2D eigenvalue weighted by molar-refractivity contribution is 8.00. The predicted octanol–water partition coefficient (Wildman–Crippen LogP) is 3.58. The van der Waals surface area contributed by atoms with Gasteiger partial charge in [0, 0.05) is 16.1 Å². The van der Waals surface area contributed by atoms with Gasteiger partial charge in [-0.15, -0.1) is 0 Å². The first-order chi connectivity index (χ1) is 11.2. The number of carbonyl (C=O) groups is 2. The largest absolute Gasteiger partial charge is 0.446 e. The molecule has 2 amide bonds. The highest BCUT2D eigenvalue weighted by Gasteiger charge is 2.29. The summed E-state index contributed by atoms with van der Waals surface area (Å²) in [6.45, 7) is 0. The van der Waals surface area contributed by atoms with Crippen molar-refractivity contribution in [3.05, 3.63) is 59.7 Å². The van der Waals surface area contributed by atoms with Gasteiger partial charge in [0.1, 0.15) is 0 Å². The van der Waals surface area contributed by atoms with Gasteiger partial charge in [-0.3, -0.25) is 9.59 Å². The first kappa shape index (κ1) is 17.9. The molecular formula is C16H13F3N2O2S. The molecule has 0 fully saturated rings. The van der Waals surface area contributed by atoms with Crippen molar-refractivity contribution in [1.82, 2.24) is 0 Å². The summed E-state index contributed by atoms with van der Waals surface area (Å²) in [7, 11) is 0. The van der Waals surface area contributed by atoms with E-state index in [0.717, 1.165) is 0 Å². The van der Waals surface area contributed by atoms with Crippen LogP contribution in [-0.4, -0.2) is 17.3 Å². The molecule has 24 heavy (non-hydrogen) atoms. The molecule has 0 aliphatic rings. The Morgan fingerprint density at radius 1 is 1.00 bits per heavy atom. The molecule has 0 radical (unpaired) electrons. The Morgan fingerprint density at radius 3 is 2.08 bits per heavy atom. The van der Waals surface area contributed by atoms with Crippen molar-refractivity contribution in [3.8, 4) is 0 Å². The highest BCUT2D eigenvalue weighted by atomic mass is 32.2. The average molecular weight is 354 g/mol. The smallest absolute Gasteiger partial charge is 0.369 e. The molecule has 0 saturated carbocycles. The van der Waals surface area contributed by atoms with E-state index in [1.165, 1.54) is 24.3 Å². The molecule has 0 bridgehead atoms. The lowest BCUT2D eigenvalue weighted by Crippen LogP contribution is -2.14. The van der Waals surface area contributed by atoms with Gasteiger partial charge in [-0.05, 0) is 53.7 Å². The van der Waals surface area contributed by atoms with E-state index in [0.29, 0.717) is 11.3 Å². The monoisotopic (exact) mass is 354 g/mol. The summed E-state index contributed by atoms with van der Waals surface area (Å²) in [5, 5.41) is 2.62. The van der Waals surface area contributed by atoms with Gasteiger partial charge in [-0.2, -0.15) is 13.2 Å². The minimum absolute atomic E-state index is 0.00912. The van der Waals surface area contributed by atoms with Crippen LogP contribution < -0.4 is 11.1 Å². The van der Waals surface area contributed by atoms with Crippen LogP contribution in [0.5, 0.6) is 0 Å². The van der Waals surface area contributed by atoms with E-state index in [1.54, 1.807) is 24.3 Å². The summed E-state index contributed by atoms with van der Waals surface area (Å²) in [6.07, 6.45) is 0.104. The van der Waals surface area contributed by atoms with E-state index in [4.69, 9.17) is 5.73 Å². The SMILES string of the molecule is NC(=O)Cc1ccc(NC(=O)c2ccc(SC(F)(F)F)cc2)cc1. The van der Waals surface area contributed by atoms with Crippen molar-refractivity contribution >= 4 is 29.3 Å². The van der Waals surface area contributed by atoms with Gasteiger partial charge < -0.3 is 11.1 Å². The first-order valence-corrected chi connectivity index (χ1v) is 7.59. The molecule has 0 spiro atoms. The van der Waals surface area contributed by atoms with Crippen molar-refractivity contribution in [2.45, 2.75) is 16.8 Å². The molecule has 0 unspecified atom stereocenters. The second-order valence-electron chi connectivity index (χ2n) is 4.87. The molecule has 126 valence electrons. The van der Waals surface area contributed by atoms with Gasteiger partial charge in [0.05, 0.1) is 6.42 Å². The molecule has 8 heteroatoms. The maximum Gasteiger partial charge on any atom is 0.446 e. The zero-order chi connectivity index (χ0) is 17.7. The number of carbonyl (C=O) groups excluding carboxylic acids is 2. The number of hydrogen-bond acceptors (Lipinski definition) is 3. The predicted molar refractivity (Wildman–Crippen MR) is 85.6 cm³/mol. The Balaban J connectivity index is 2.00. The van der Waals surface area contributed by atoms with E-state index in [-0.39, 0.29) is 28.6 Å². The lowest BCUT2D eigenvalue weighted by atomic mass is 10.1. The molecule has 3 N–H and O–H groups in total. The summed E-state index contributed by atoms with van der Waals surface area (Å²) in [6, 6.07) is 11.7. The Labute approximate surface area is 140 Å². The van der Waals surface area contributed by atoms with Crippen LogP contribution >= 0.6 is 11.8 Å². The summed E-state index contributed by atoms with van der Waals surface area (Å²) in [4.78, 5) is 22.9. The van der Waals surface area contributed by atoms with Crippen molar-refractivity contribution in [1.29, 1.82) is 0 Å². The number of nitrogens with one attached hydrogen (secondary N) is 1. The number of alkyl halides is 3. The normalized spacial score (nSPS) is 11.1. The number of nitrogens with two attached hydrogens (primary N) is 1. The maximum atomic E-state index is 12.3. The number of hydrogen-bond donors (Lipinski definition) is 2. The van der Waals surface area contributed by atoms with Crippen molar-refractivity contribution in [3.63, 3.8) is 0 Å². The Hall–Kier alpha value is -2.48. The van der Waals surface area contributed by atoms with Crippen LogP contribution in [0, 0.1) is 0 Å². The van der Waals surface area contributed by atoms with Crippen molar-refractivity contribution in [2.75, 3.05) is 5.32 Å². The molecule has 0 aliphatic heterocycles. The number of primary amides is 1. The Morgan fingerprint density at radius 2 is 1.58 bits per heavy atom. The number of benzene rings is 2. The van der Waals surface area contributed by atoms with Crippen LogP contribution in [-0.2, 0) is 11.2 Å². The van der Waals surface area contributed by atoms with Gasteiger partial charge >= 0.3 is 5.51 Å². The van der Waals surface area contributed by atoms with Crippen molar-refractivity contribution in [2.24, 2.45) is 5.73 Å². The summed E-state index contributed by atoms with van der Waals surface area (Å²) >= 11 is -0.238. The summed E-state index contributed by atoms with van der Waals surface area (Å²) < 4.78 is 36.8. The van der Waals surface area contributed by atoms with Crippen molar-refractivity contribution < 1.29 is 22.8 Å². The number of halogens is 3. The van der Waals surface area contributed by atoms with Crippen LogP contribution in [0.3, 0.4) is 0 Å². The van der Waals surface area contributed by atoms with Crippen LogP contribution in [0.25, 0.3) is 0 Å². The summed E-state index contributed by atoms with van der Waals surface area (Å²) in [5.41, 5.74) is 2.18. The lowest BCUT2D eigenvalue weighted by Gasteiger charge is -2.08. The lowest BCUT2D eigenvalue weighted by molar-refractivity contribution is -0.117. The Kier molecular flexibility index (Phi) is 5.50. The molecule has 0 aromatic heterocycles. The number of anilines is 1. The number of rotatable bonds is 5. The molecule has 0 saturated heterocycles. The minimum Gasteiger partial charge on any atom is -0.369 e.